The first-order chi connectivity index (χ1) is 8.58. The van der Waals surface area contributed by atoms with Crippen molar-refractivity contribution in [2.24, 2.45) is 5.92 Å². The topological polar surface area (TPSA) is 54.0 Å². The van der Waals surface area contributed by atoms with E-state index in [4.69, 9.17) is 0 Å². The van der Waals surface area contributed by atoms with Crippen LogP contribution in [0.25, 0.3) is 0 Å². The van der Waals surface area contributed by atoms with E-state index >= 15 is 0 Å². The summed E-state index contributed by atoms with van der Waals surface area (Å²) in [5.74, 6) is 0.506. The smallest absolute Gasteiger partial charge is 0.237 e. The molecule has 1 saturated heterocycles. The lowest BCUT2D eigenvalue weighted by atomic mass is 9.92. The maximum Gasteiger partial charge on any atom is 0.237 e. The summed E-state index contributed by atoms with van der Waals surface area (Å²) in [4.78, 5) is 16.6. The van der Waals surface area contributed by atoms with Crippen molar-refractivity contribution in [3.63, 3.8) is 0 Å². The van der Waals surface area contributed by atoms with Crippen molar-refractivity contribution in [2.75, 3.05) is 6.54 Å². The van der Waals surface area contributed by atoms with Crippen molar-refractivity contribution in [1.29, 1.82) is 0 Å². The number of aromatic nitrogens is 1. The van der Waals surface area contributed by atoms with Gasteiger partial charge in [-0.05, 0) is 39.2 Å². The molecule has 4 nitrogen and oxygen atoms in total. The van der Waals surface area contributed by atoms with Gasteiger partial charge in [-0.2, -0.15) is 0 Å². The van der Waals surface area contributed by atoms with Gasteiger partial charge in [0.05, 0.1) is 12.1 Å². The third kappa shape index (κ3) is 3.09. The highest BCUT2D eigenvalue weighted by Crippen LogP contribution is 2.20. The van der Waals surface area contributed by atoms with E-state index < -0.39 is 0 Å². The Balaban J connectivity index is 1.94. The number of rotatable bonds is 3. The lowest BCUT2D eigenvalue weighted by Gasteiger charge is -2.29. The van der Waals surface area contributed by atoms with E-state index in [1.807, 2.05) is 19.2 Å². The first-order valence-electron chi connectivity index (χ1n) is 6.53. The Hall–Kier alpha value is -0.940. The highest BCUT2D eigenvalue weighted by atomic mass is 32.1. The molecule has 0 radical (unpaired) electrons. The van der Waals surface area contributed by atoms with Gasteiger partial charge < -0.3 is 10.6 Å². The molecule has 0 bridgehead atoms. The predicted octanol–water partition coefficient (Wildman–Crippen LogP) is 2.02. The molecule has 0 saturated carbocycles. The van der Waals surface area contributed by atoms with Crippen LogP contribution in [0.4, 0.5) is 0 Å². The summed E-state index contributed by atoms with van der Waals surface area (Å²) in [7, 11) is 0. The van der Waals surface area contributed by atoms with Gasteiger partial charge in [-0.25, -0.2) is 4.98 Å². The fraction of sp³-hybridized carbons (Fsp3) is 0.692. The largest absolute Gasteiger partial charge is 0.346 e. The Morgan fingerprint density at radius 2 is 2.44 bits per heavy atom. The molecule has 0 aromatic carbocycles. The number of hydrogen-bond acceptors (Lipinski definition) is 4. The van der Waals surface area contributed by atoms with E-state index in [1.54, 1.807) is 11.3 Å². The zero-order chi connectivity index (χ0) is 13.1. The molecular formula is C13H21N3OS. The molecular weight excluding hydrogens is 246 g/mol. The van der Waals surface area contributed by atoms with Crippen molar-refractivity contribution in [3.8, 4) is 0 Å². The number of nitrogens with zero attached hydrogens (tertiary/aromatic N) is 1. The number of nitrogens with one attached hydrogen (secondary N) is 2. The number of aryl methyl sites for hydroxylation is 1. The van der Waals surface area contributed by atoms with Crippen LogP contribution in [0.3, 0.4) is 0 Å². The van der Waals surface area contributed by atoms with Gasteiger partial charge in [0, 0.05) is 11.1 Å². The molecule has 1 fully saturated rings. The minimum absolute atomic E-state index is 0.00729. The van der Waals surface area contributed by atoms with Gasteiger partial charge >= 0.3 is 0 Å². The Bertz CT molecular complexity index is 418. The standard InChI is InChI=1S/C13H21N3OS/c1-8-5-4-6-14-11(8)12(17)16-10(3)13-15-9(2)7-18-13/h7-8,10-11,14H,4-6H2,1-3H3,(H,16,17). The zero-order valence-corrected chi connectivity index (χ0v) is 12.0. The van der Waals surface area contributed by atoms with Crippen molar-refractivity contribution in [2.45, 2.75) is 45.7 Å². The number of carbonyl (C=O) groups excluding carboxylic acids is 1. The minimum atomic E-state index is -0.0535. The van der Waals surface area contributed by atoms with Gasteiger partial charge in [0.1, 0.15) is 5.01 Å². The lowest BCUT2D eigenvalue weighted by Crippen LogP contribution is -2.51. The Morgan fingerprint density at radius 3 is 3.06 bits per heavy atom. The van der Waals surface area contributed by atoms with E-state index in [0.717, 1.165) is 30.1 Å². The van der Waals surface area contributed by atoms with Gasteiger partial charge in [-0.15, -0.1) is 11.3 Å². The summed E-state index contributed by atoms with van der Waals surface area (Å²) >= 11 is 1.60. The molecule has 1 amide bonds. The lowest BCUT2D eigenvalue weighted by molar-refractivity contribution is -0.125. The number of hydrogen-bond donors (Lipinski definition) is 2. The molecule has 2 heterocycles. The Kier molecular flexibility index (Phi) is 4.35. The third-order valence-corrected chi connectivity index (χ3v) is 4.56. The van der Waals surface area contributed by atoms with Crippen molar-refractivity contribution >= 4 is 17.2 Å². The summed E-state index contributed by atoms with van der Waals surface area (Å²) in [5.41, 5.74) is 1.01. The number of amides is 1. The minimum Gasteiger partial charge on any atom is -0.346 e. The molecule has 3 unspecified atom stereocenters. The molecule has 2 N–H and O–H groups in total. The molecule has 1 aromatic heterocycles. The number of carbonyl (C=O) groups is 1. The quantitative estimate of drug-likeness (QED) is 0.881. The summed E-state index contributed by atoms with van der Waals surface area (Å²) in [5, 5.41) is 9.35. The van der Waals surface area contributed by atoms with Crippen LogP contribution in [0.15, 0.2) is 5.38 Å². The van der Waals surface area contributed by atoms with Gasteiger partial charge in [-0.1, -0.05) is 6.92 Å². The molecule has 18 heavy (non-hydrogen) atoms. The number of piperidine rings is 1. The summed E-state index contributed by atoms with van der Waals surface area (Å²) in [6.45, 7) is 7.03. The van der Waals surface area contributed by atoms with Gasteiger partial charge in [-0.3, -0.25) is 4.79 Å². The molecule has 2 rings (SSSR count). The van der Waals surface area contributed by atoms with E-state index in [1.165, 1.54) is 0 Å². The second kappa shape index (κ2) is 5.80. The highest BCUT2D eigenvalue weighted by molar-refractivity contribution is 7.09. The Morgan fingerprint density at radius 1 is 1.67 bits per heavy atom. The third-order valence-electron chi connectivity index (χ3n) is 3.42. The van der Waals surface area contributed by atoms with E-state index in [-0.39, 0.29) is 18.0 Å². The van der Waals surface area contributed by atoms with Crippen LogP contribution in [-0.4, -0.2) is 23.5 Å². The predicted molar refractivity (Wildman–Crippen MR) is 73.6 cm³/mol. The molecule has 100 valence electrons. The summed E-state index contributed by atoms with van der Waals surface area (Å²) in [6.07, 6.45) is 2.28. The van der Waals surface area contributed by atoms with Gasteiger partial charge in [0.2, 0.25) is 5.91 Å². The van der Waals surface area contributed by atoms with Gasteiger partial charge in [0.15, 0.2) is 0 Å². The Labute approximate surface area is 112 Å². The molecule has 1 aliphatic heterocycles. The summed E-state index contributed by atoms with van der Waals surface area (Å²) in [6, 6.07) is -0.0608. The molecule has 1 aromatic rings. The molecule has 0 aliphatic carbocycles. The number of thiazole rings is 1. The maximum atomic E-state index is 12.2. The second-order valence-electron chi connectivity index (χ2n) is 5.11. The second-order valence-corrected chi connectivity index (χ2v) is 6.00. The van der Waals surface area contributed by atoms with Crippen LogP contribution >= 0.6 is 11.3 Å². The molecule has 0 spiro atoms. The van der Waals surface area contributed by atoms with Crippen LogP contribution in [-0.2, 0) is 4.79 Å². The fourth-order valence-corrected chi connectivity index (χ4v) is 3.14. The van der Waals surface area contributed by atoms with Crippen molar-refractivity contribution in [1.82, 2.24) is 15.6 Å². The van der Waals surface area contributed by atoms with E-state index in [0.29, 0.717) is 5.92 Å². The van der Waals surface area contributed by atoms with Crippen molar-refractivity contribution < 1.29 is 4.79 Å². The normalized spacial score (nSPS) is 25.7. The molecule has 1 aliphatic rings. The average Bonchev–Trinajstić information content (AvgIpc) is 2.76. The zero-order valence-electron chi connectivity index (χ0n) is 11.2. The van der Waals surface area contributed by atoms with Crippen LogP contribution in [0.2, 0.25) is 0 Å². The van der Waals surface area contributed by atoms with Crippen molar-refractivity contribution in [3.05, 3.63) is 16.1 Å². The SMILES string of the molecule is Cc1csc(C(C)NC(=O)C2NCCCC2C)n1. The first-order valence-corrected chi connectivity index (χ1v) is 7.41. The first kappa shape index (κ1) is 13.5. The molecule has 5 heteroatoms. The van der Waals surface area contributed by atoms with Gasteiger partial charge in [0.25, 0.3) is 0 Å². The summed E-state index contributed by atoms with van der Waals surface area (Å²) < 4.78 is 0. The van der Waals surface area contributed by atoms with E-state index in [2.05, 4.69) is 22.5 Å². The van der Waals surface area contributed by atoms with Crippen LogP contribution in [0.5, 0.6) is 0 Å². The fourth-order valence-electron chi connectivity index (χ4n) is 2.34. The van der Waals surface area contributed by atoms with E-state index in [9.17, 15) is 4.79 Å². The average molecular weight is 267 g/mol. The molecule has 3 atom stereocenters. The highest BCUT2D eigenvalue weighted by Gasteiger charge is 2.28. The van der Waals surface area contributed by atoms with Crippen LogP contribution in [0.1, 0.15) is 43.4 Å². The monoisotopic (exact) mass is 267 g/mol. The van der Waals surface area contributed by atoms with Crippen LogP contribution in [0, 0.1) is 12.8 Å². The maximum absolute atomic E-state index is 12.2. The van der Waals surface area contributed by atoms with Crippen LogP contribution < -0.4 is 10.6 Å².